The summed E-state index contributed by atoms with van der Waals surface area (Å²) in [6.07, 6.45) is 1.05. The molecule has 0 atom stereocenters. The lowest BCUT2D eigenvalue weighted by atomic mass is 10.2. The monoisotopic (exact) mass is 322 g/mol. The van der Waals surface area contributed by atoms with Gasteiger partial charge in [-0.2, -0.15) is 0 Å². The molecule has 6 heteroatoms. The second-order valence-electron chi connectivity index (χ2n) is 5.20. The number of methoxy groups -OCH3 is 2. The van der Waals surface area contributed by atoms with E-state index >= 15 is 0 Å². The van der Waals surface area contributed by atoms with Crippen LogP contribution in [0.1, 0.15) is 25.8 Å². The van der Waals surface area contributed by atoms with E-state index in [1.54, 1.807) is 14.2 Å². The zero-order valence-corrected chi connectivity index (χ0v) is 14.8. The second kappa shape index (κ2) is 10.7. The van der Waals surface area contributed by atoms with Crippen molar-refractivity contribution in [3.63, 3.8) is 0 Å². The Morgan fingerprint density at radius 2 is 1.87 bits per heavy atom. The Morgan fingerprint density at radius 3 is 2.48 bits per heavy atom. The van der Waals surface area contributed by atoms with Gasteiger partial charge >= 0.3 is 0 Å². The molecule has 3 N–H and O–H groups in total. The van der Waals surface area contributed by atoms with Crippen LogP contribution in [0.4, 0.5) is 0 Å². The highest BCUT2D eigenvalue weighted by atomic mass is 16.5. The standard InChI is InChI=1S/C17H30N4O2/c1-5-21(6-2)11-7-10-19-17(18)20-13-14-8-9-15(22-3)16(12-14)23-4/h8-9,12H,5-7,10-11,13H2,1-4H3,(H3,18,19,20). The lowest BCUT2D eigenvalue weighted by molar-refractivity contribution is 0.300. The van der Waals surface area contributed by atoms with Crippen LogP contribution in [-0.4, -0.2) is 51.3 Å². The Hall–Kier alpha value is -1.95. The number of nitrogens with zero attached hydrogens (tertiary/aromatic N) is 2. The largest absolute Gasteiger partial charge is 0.493 e. The van der Waals surface area contributed by atoms with Gasteiger partial charge in [-0.05, 0) is 43.8 Å². The van der Waals surface area contributed by atoms with Crippen LogP contribution in [0.2, 0.25) is 0 Å². The van der Waals surface area contributed by atoms with Gasteiger partial charge in [-0.15, -0.1) is 0 Å². The van der Waals surface area contributed by atoms with Gasteiger partial charge in [0.15, 0.2) is 17.5 Å². The third-order valence-corrected chi connectivity index (χ3v) is 3.73. The fourth-order valence-electron chi connectivity index (χ4n) is 2.27. The molecular formula is C17H30N4O2. The molecule has 0 spiro atoms. The zero-order valence-electron chi connectivity index (χ0n) is 14.8. The highest BCUT2D eigenvalue weighted by Gasteiger charge is 2.04. The van der Waals surface area contributed by atoms with Crippen molar-refractivity contribution < 1.29 is 9.47 Å². The number of benzene rings is 1. The molecule has 0 unspecified atom stereocenters. The Morgan fingerprint density at radius 1 is 1.17 bits per heavy atom. The summed E-state index contributed by atoms with van der Waals surface area (Å²) in [5.74, 6) is 1.88. The molecule has 0 aliphatic rings. The number of aliphatic imine (C=N–C) groups is 1. The highest BCUT2D eigenvalue weighted by molar-refractivity contribution is 5.77. The van der Waals surface area contributed by atoms with Gasteiger partial charge < -0.3 is 25.4 Å². The second-order valence-corrected chi connectivity index (χ2v) is 5.20. The molecule has 1 aromatic rings. The lowest BCUT2D eigenvalue weighted by Gasteiger charge is -2.17. The summed E-state index contributed by atoms with van der Waals surface area (Å²) >= 11 is 0. The molecule has 0 aliphatic heterocycles. The first-order valence-corrected chi connectivity index (χ1v) is 8.11. The van der Waals surface area contributed by atoms with Crippen LogP contribution < -0.4 is 20.5 Å². The fourth-order valence-corrected chi connectivity index (χ4v) is 2.27. The van der Waals surface area contributed by atoms with Gasteiger partial charge in [0.25, 0.3) is 0 Å². The SMILES string of the molecule is CCN(CC)CCCNC(N)=NCc1ccc(OC)c(OC)c1. The molecule has 0 amide bonds. The number of rotatable bonds is 10. The minimum absolute atomic E-state index is 0.472. The van der Waals surface area contributed by atoms with Crippen molar-refractivity contribution in [1.29, 1.82) is 0 Å². The minimum atomic E-state index is 0.472. The predicted octanol–water partition coefficient (Wildman–Crippen LogP) is 1.84. The maximum atomic E-state index is 5.90. The number of guanidine groups is 1. The molecule has 0 heterocycles. The Balaban J connectivity index is 2.41. The third-order valence-electron chi connectivity index (χ3n) is 3.73. The zero-order chi connectivity index (χ0) is 17.1. The first-order chi connectivity index (χ1) is 11.1. The van der Waals surface area contributed by atoms with Crippen LogP contribution >= 0.6 is 0 Å². The highest BCUT2D eigenvalue weighted by Crippen LogP contribution is 2.27. The Kier molecular flexibility index (Phi) is 8.90. The van der Waals surface area contributed by atoms with Crippen molar-refractivity contribution >= 4 is 5.96 Å². The first kappa shape index (κ1) is 19.1. The van der Waals surface area contributed by atoms with Gasteiger partial charge in [0, 0.05) is 6.54 Å². The van der Waals surface area contributed by atoms with Crippen LogP contribution in [0.25, 0.3) is 0 Å². The van der Waals surface area contributed by atoms with E-state index in [4.69, 9.17) is 15.2 Å². The smallest absolute Gasteiger partial charge is 0.188 e. The normalized spacial score (nSPS) is 11.6. The van der Waals surface area contributed by atoms with Gasteiger partial charge in [0.05, 0.1) is 20.8 Å². The number of ether oxygens (including phenoxy) is 2. The molecule has 130 valence electrons. The topological polar surface area (TPSA) is 72.1 Å². The quantitative estimate of drug-likeness (QED) is 0.391. The van der Waals surface area contributed by atoms with Crippen LogP contribution in [0.5, 0.6) is 11.5 Å². The van der Waals surface area contributed by atoms with Crippen molar-refractivity contribution in [2.45, 2.75) is 26.8 Å². The average molecular weight is 322 g/mol. The molecule has 0 aromatic heterocycles. The first-order valence-electron chi connectivity index (χ1n) is 8.11. The van der Waals surface area contributed by atoms with Crippen LogP contribution in [0.3, 0.4) is 0 Å². The maximum absolute atomic E-state index is 5.90. The van der Waals surface area contributed by atoms with Crippen molar-refractivity contribution in [2.24, 2.45) is 10.7 Å². The number of hydrogen-bond acceptors (Lipinski definition) is 4. The lowest BCUT2D eigenvalue weighted by Crippen LogP contribution is -2.34. The Labute approximate surface area is 139 Å². The van der Waals surface area contributed by atoms with E-state index < -0.39 is 0 Å². The van der Waals surface area contributed by atoms with Gasteiger partial charge in [-0.1, -0.05) is 19.9 Å². The molecule has 0 bridgehead atoms. The van der Waals surface area contributed by atoms with E-state index in [1.165, 1.54) is 0 Å². The van der Waals surface area contributed by atoms with Gasteiger partial charge in [0.2, 0.25) is 0 Å². The summed E-state index contributed by atoms with van der Waals surface area (Å²) in [5, 5.41) is 3.15. The average Bonchev–Trinajstić information content (AvgIpc) is 2.59. The van der Waals surface area contributed by atoms with Gasteiger partial charge in [0.1, 0.15) is 0 Å². The number of nitrogens with two attached hydrogens (primary N) is 1. The molecule has 0 saturated carbocycles. The van der Waals surface area contributed by atoms with E-state index in [0.717, 1.165) is 38.2 Å². The molecule has 0 aliphatic carbocycles. The molecule has 0 radical (unpaired) electrons. The van der Waals surface area contributed by atoms with E-state index in [-0.39, 0.29) is 0 Å². The molecule has 0 fully saturated rings. The molecule has 6 nitrogen and oxygen atoms in total. The van der Waals surface area contributed by atoms with E-state index in [9.17, 15) is 0 Å². The maximum Gasteiger partial charge on any atom is 0.188 e. The molecule has 1 aromatic carbocycles. The van der Waals surface area contributed by atoms with Crippen molar-refractivity contribution in [2.75, 3.05) is 40.4 Å². The summed E-state index contributed by atoms with van der Waals surface area (Å²) in [4.78, 5) is 6.74. The van der Waals surface area contributed by atoms with E-state index in [2.05, 4.69) is 29.1 Å². The van der Waals surface area contributed by atoms with Crippen molar-refractivity contribution in [3.05, 3.63) is 23.8 Å². The van der Waals surface area contributed by atoms with Crippen molar-refractivity contribution in [1.82, 2.24) is 10.2 Å². The molecular weight excluding hydrogens is 292 g/mol. The summed E-state index contributed by atoms with van der Waals surface area (Å²) in [5.41, 5.74) is 6.92. The molecule has 0 saturated heterocycles. The van der Waals surface area contributed by atoms with Crippen LogP contribution in [0.15, 0.2) is 23.2 Å². The minimum Gasteiger partial charge on any atom is -0.493 e. The van der Waals surface area contributed by atoms with Crippen LogP contribution in [-0.2, 0) is 6.54 Å². The molecule has 23 heavy (non-hydrogen) atoms. The number of hydrogen-bond donors (Lipinski definition) is 2. The summed E-state index contributed by atoms with van der Waals surface area (Å²) in [7, 11) is 3.24. The van der Waals surface area contributed by atoms with Crippen molar-refractivity contribution in [3.8, 4) is 11.5 Å². The van der Waals surface area contributed by atoms with E-state index in [0.29, 0.717) is 24.0 Å². The molecule has 1 rings (SSSR count). The summed E-state index contributed by atoms with van der Waals surface area (Å²) < 4.78 is 10.5. The predicted molar refractivity (Wildman–Crippen MR) is 95.3 cm³/mol. The third kappa shape index (κ3) is 6.78. The fraction of sp³-hybridized carbons (Fsp3) is 0.588. The van der Waals surface area contributed by atoms with Gasteiger partial charge in [-0.25, -0.2) is 4.99 Å². The number of nitrogens with one attached hydrogen (secondary N) is 1. The summed E-state index contributed by atoms with van der Waals surface area (Å²) in [6, 6.07) is 5.74. The Bertz CT molecular complexity index is 487. The van der Waals surface area contributed by atoms with Gasteiger partial charge in [-0.3, -0.25) is 0 Å². The van der Waals surface area contributed by atoms with E-state index in [1.807, 2.05) is 18.2 Å². The summed E-state index contributed by atoms with van der Waals surface area (Å²) in [6.45, 7) is 8.93. The van der Waals surface area contributed by atoms with Crippen LogP contribution in [0, 0.1) is 0 Å².